The molecule has 0 aliphatic carbocycles. The van der Waals surface area contributed by atoms with Gasteiger partial charge in [-0.15, -0.1) is 0 Å². The number of hydrogen-bond donors (Lipinski definition) is 1. The Balaban J connectivity index is 1.74. The quantitative estimate of drug-likeness (QED) is 0.907. The molecule has 1 fully saturated rings. The number of hydrogen-bond acceptors (Lipinski definition) is 4. The summed E-state index contributed by atoms with van der Waals surface area (Å²) in [6.45, 7) is 0. The summed E-state index contributed by atoms with van der Waals surface area (Å²) in [5.74, 6) is -0.512. The first-order valence-corrected chi connectivity index (χ1v) is 9.95. The van der Waals surface area contributed by atoms with E-state index in [1.165, 1.54) is 18.3 Å². The Morgan fingerprint density at radius 1 is 1.32 bits per heavy atom. The fraction of sp³-hybridized carbons (Fsp3) is 0.333. The van der Waals surface area contributed by atoms with Gasteiger partial charge in [0.05, 0.1) is 23.4 Å². The number of nitrogens with zero attached hydrogens (tertiary/aromatic N) is 1. The van der Waals surface area contributed by atoms with E-state index in [1.54, 1.807) is 24.4 Å². The number of sulfone groups is 1. The number of pyridine rings is 1. The van der Waals surface area contributed by atoms with Crippen molar-refractivity contribution in [1.29, 1.82) is 0 Å². The van der Waals surface area contributed by atoms with E-state index in [-0.39, 0.29) is 35.6 Å². The van der Waals surface area contributed by atoms with Crippen LogP contribution in [0.25, 0.3) is 11.1 Å². The molecule has 0 spiro atoms. The molecule has 7 heteroatoms. The van der Waals surface area contributed by atoms with Gasteiger partial charge in [-0.25, -0.2) is 12.8 Å². The van der Waals surface area contributed by atoms with Crippen LogP contribution < -0.4 is 5.32 Å². The Morgan fingerprint density at radius 2 is 2.16 bits per heavy atom. The molecule has 2 aromatic rings. The number of aromatic nitrogens is 1. The molecule has 1 amide bonds. The molecular formula is C18H19FN2O3S. The molecule has 5 nitrogen and oxygen atoms in total. The van der Waals surface area contributed by atoms with E-state index in [0.29, 0.717) is 23.2 Å². The second-order valence-electron chi connectivity index (χ2n) is 6.31. The van der Waals surface area contributed by atoms with Crippen LogP contribution in [-0.4, -0.2) is 30.8 Å². The highest BCUT2D eigenvalue weighted by Gasteiger charge is 2.26. The molecule has 0 radical (unpaired) electrons. The number of carbonyl (C=O) groups is 1. The first-order valence-electron chi connectivity index (χ1n) is 8.13. The predicted octanol–water partition coefficient (Wildman–Crippen LogP) is 3.04. The molecule has 132 valence electrons. The first-order chi connectivity index (χ1) is 11.9. The minimum Gasteiger partial charge on any atom is -0.324 e. The number of amides is 1. The molecule has 25 heavy (non-hydrogen) atoms. The summed E-state index contributed by atoms with van der Waals surface area (Å²) in [5.41, 5.74) is 1.79. The average Bonchev–Trinajstić information content (AvgIpc) is 2.54. The maximum absolute atomic E-state index is 13.5. The van der Waals surface area contributed by atoms with Crippen LogP contribution in [0.4, 0.5) is 10.1 Å². The molecule has 1 atom stereocenters. The van der Waals surface area contributed by atoms with Crippen LogP contribution in [0.2, 0.25) is 0 Å². The monoisotopic (exact) mass is 362 g/mol. The van der Waals surface area contributed by atoms with Gasteiger partial charge in [-0.1, -0.05) is 12.1 Å². The maximum atomic E-state index is 13.5. The van der Waals surface area contributed by atoms with Crippen molar-refractivity contribution in [1.82, 2.24) is 4.98 Å². The summed E-state index contributed by atoms with van der Waals surface area (Å²) in [6, 6.07) is 7.80. The number of anilines is 1. The lowest BCUT2D eigenvalue weighted by Crippen LogP contribution is -2.28. The van der Waals surface area contributed by atoms with Crippen molar-refractivity contribution in [3.63, 3.8) is 0 Å². The summed E-state index contributed by atoms with van der Waals surface area (Å²) >= 11 is 0. The number of benzene rings is 1. The topological polar surface area (TPSA) is 76.1 Å². The van der Waals surface area contributed by atoms with Crippen molar-refractivity contribution in [2.75, 3.05) is 16.8 Å². The Bertz CT molecular complexity index is 883. The first kappa shape index (κ1) is 17.5. The molecule has 0 saturated carbocycles. The molecule has 1 aromatic heterocycles. The van der Waals surface area contributed by atoms with E-state index in [4.69, 9.17) is 0 Å². The van der Waals surface area contributed by atoms with Crippen LogP contribution in [-0.2, 0) is 14.6 Å². The summed E-state index contributed by atoms with van der Waals surface area (Å²) in [5, 5.41) is 2.78. The molecule has 1 saturated heterocycles. The number of nitrogens with one attached hydrogen (secondary N) is 1. The number of carbonyl (C=O) groups excluding carboxylic acids is 1. The lowest BCUT2D eigenvalue weighted by Gasteiger charge is -2.21. The summed E-state index contributed by atoms with van der Waals surface area (Å²) in [6.07, 6.45) is 4.56. The van der Waals surface area contributed by atoms with E-state index in [0.717, 1.165) is 6.42 Å². The molecule has 3 rings (SSSR count). The van der Waals surface area contributed by atoms with Gasteiger partial charge in [-0.05, 0) is 42.5 Å². The molecule has 1 aliphatic rings. The van der Waals surface area contributed by atoms with Gasteiger partial charge in [-0.2, -0.15) is 0 Å². The number of halogens is 1. The van der Waals surface area contributed by atoms with E-state index in [1.807, 2.05) is 0 Å². The van der Waals surface area contributed by atoms with Gasteiger partial charge >= 0.3 is 0 Å². The van der Waals surface area contributed by atoms with Crippen LogP contribution in [0.1, 0.15) is 19.3 Å². The van der Waals surface area contributed by atoms with Crippen molar-refractivity contribution in [3.8, 4) is 11.1 Å². The lowest BCUT2D eigenvalue weighted by molar-refractivity contribution is -0.117. The van der Waals surface area contributed by atoms with Gasteiger partial charge < -0.3 is 5.32 Å². The van der Waals surface area contributed by atoms with Crippen molar-refractivity contribution < 1.29 is 17.6 Å². The zero-order valence-corrected chi connectivity index (χ0v) is 14.4. The standard InChI is InChI=1S/C18H19FN2O3S/c19-15-5-1-4-14(10-15)16-6-7-20-11-17(16)21-18(22)9-13-3-2-8-25(23,24)12-13/h1,4-7,10-11,13H,2-3,8-9,12H2,(H,21,22)/t13-/m1/s1. The van der Waals surface area contributed by atoms with Crippen molar-refractivity contribution >= 4 is 21.4 Å². The SMILES string of the molecule is O=C(C[C@H]1CCCS(=O)(=O)C1)Nc1cnccc1-c1cccc(F)c1. The zero-order chi connectivity index (χ0) is 17.9. The molecule has 1 aromatic carbocycles. The fourth-order valence-corrected chi connectivity index (χ4v) is 4.92. The van der Waals surface area contributed by atoms with Gasteiger partial charge in [0, 0.05) is 18.2 Å². The van der Waals surface area contributed by atoms with Crippen LogP contribution in [0.15, 0.2) is 42.7 Å². The van der Waals surface area contributed by atoms with Gasteiger partial charge in [0.15, 0.2) is 9.84 Å². The second-order valence-corrected chi connectivity index (χ2v) is 8.54. The molecule has 2 heterocycles. The van der Waals surface area contributed by atoms with Crippen LogP contribution in [0.5, 0.6) is 0 Å². The third-order valence-corrected chi connectivity index (χ3v) is 6.15. The molecule has 0 bridgehead atoms. The van der Waals surface area contributed by atoms with Gasteiger partial charge in [0.2, 0.25) is 5.91 Å². The molecule has 1 N–H and O–H groups in total. The van der Waals surface area contributed by atoms with Gasteiger partial charge in [0.25, 0.3) is 0 Å². The molecule has 0 unspecified atom stereocenters. The molecule has 1 aliphatic heterocycles. The minimum absolute atomic E-state index is 0.0597. The highest BCUT2D eigenvalue weighted by molar-refractivity contribution is 7.91. The summed E-state index contributed by atoms with van der Waals surface area (Å²) in [4.78, 5) is 16.3. The van der Waals surface area contributed by atoms with Crippen LogP contribution in [0, 0.1) is 11.7 Å². The van der Waals surface area contributed by atoms with E-state index >= 15 is 0 Å². The maximum Gasteiger partial charge on any atom is 0.224 e. The van der Waals surface area contributed by atoms with Crippen LogP contribution in [0.3, 0.4) is 0 Å². The smallest absolute Gasteiger partial charge is 0.224 e. The second kappa shape index (κ2) is 7.31. The Labute approximate surface area is 146 Å². The van der Waals surface area contributed by atoms with E-state index in [2.05, 4.69) is 10.3 Å². The van der Waals surface area contributed by atoms with Crippen molar-refractivity contribution in [3.05, 3.63) is 48.5 Å². The lowest BCUT2D eigenvalue weighted by atomic mass is 10.0. The highest BCUT2D eigenvalue weighted by atomic mass is 32.2. The minimum atomic E-state index is -3.04. The third-order valence-electron chi connectivity index (χ3n) is 4.26. The van der Waals surface area contributed by atoms with Gasteiger partial charge in [-0.3, -0.25) is 9.78 Å². The van der Waals surface area contributed by atoms with Crippen molar-refractivity contribution in [2.45, 2.75) is 19.3 Å². The third kappa shape index (κ3) is 4.63. The average molecular weight is 362 g/mol. The summed E-state index contributed by atoms with van der Waals surface area (Å²) in [7, 11) is -3.04. The number of rotatable bonds is 4. The molecular weight excluding hydrogens is 343 g/mol. The highest BCUT2D eigenvalue weighted by Crippen LogP contribution is 2.28. The van der Waals surface area contributed by atoms with E-state index < -0.39 is 9.84 Å². The van der Waals surface area contributed by atoms with Crippen LogP contribution >= 0.6 is 0 Å². The Kier molecular flexibility index (Phi) is 5.13. The summed E-state index contributed by atoms with van der Waals surface area (Å²) < 4.78 is 36.9. The van der Waals surface area contributed by atoms with Gasteiger partial charge in [0.1, 0.15) is 5.82 Å². The van der Waals surface area contributed by atoms with E-state index in [9.17, 15) is 17.6 Å². The fourth-order valence-electron chi connectivity index (χ4n) is 3.14. The predicted molar refractivity (Wildman–Crippen MR) is 94.3 cm³/mol. The Hall–Kier alpha value is -2.28. The zero-order valence-electron chi connectivity index (χ0n) is 13.6. The van der Waals surface area contributed by atoms with Crippen molar-refractivity contribution in [2.24, 2.45) is 5.92 Å². The normalized spacial score (nSPS) is 19.3. The Morgan fingerprint density at radius 3 is 2.92 bits per heavy atom. The largest absolute Gasteiger partial charge is 0.324 e.